The Bertz CT molecular complexity index is 1520. The van der Waals surface area contributed by atoms with E-state index in [9.17, 15) is 9.59 Å². The lowest BCUT2D eigenvalue weighted by Gasteiger charge is -2.30. The molecule has 1 aliphatic heterocycles. The summed E-state index contributed by atoms with van der Waals surface area (Å²) in [5.41, 5.74) is 5.37. The molecule has 6 nitrogen and oxygen atoms in total. The van der Waals surface area contributed by atoms with Gasteiger partial charge < -0.3 is 14.8 Å². The van der Waals surface area contributed by atoms with Crippen LogP contribution in [-0.4, -0.2) is 25.0 Å². The predicted molar refractivity (Wildman–Crippen MR) is 158 cm³/mol. The first-order valence-corrected chi connectivity index (χ1v) is 13.5. The highest BCUT2D eigenvalue weighted by Crippen LogP contribution is 2.36. The number of aryl methyl sites for hydroxylation is 1. The number of benzene rings is 4. The number of ether oxygens (including phenoxy) is 2. The van der Waals surface area contributed by atoms with Gasteiger partial charge in [0.1, 0.15) is 5.75 Å². The fourth-order valence-corrected chi connectivity index (χ4v) is 4.64. The van der Waals surface area contributed by atoms with E-state index in [0.29, 0.717) is 31.0 Å². The SMILES string of the molecule is CCOc1ccc(CCNC(=O)c2ccc(/C=C3/Oc4ccccc4N(Cc4cccc(C)c4)C3=O)cc2)cc1. The van der Waals surface area contributed by atoms with Gasteiger partial charge in [-0.2, -0.15) is 0 Å². The first-order chi connectivity index (χ1) is 19.5. The lowest BCUT2D eigenvalue weighted by molar-refractivity contribution is -0.117. The van der Waals surface area contributed by atoms with Crippen LogP contribution in [0.4, 0.5) is 5.69 Å². The summed E-state index contributed by atoms with van der Waals surface area (Å²) in [6, 6.07) is 30.7. The zero-order chi connectivity index (χ0) is 27.9. The lowest BCUT2D eigenvalue weighted by atomic mass is 10.1. The molecule has 0 saturated heterocycles. The summed E-state index contributed by atoms with van der Waals surface area (Å²) in [5.74, 6) is 1.35. The minimum Gasteiger partial charge on any atom is -0.494 e. The number of nitrogens with one attached hydrogen (secondary N) is 1. The number of carbonyl (C=O) groups is 2. The molecule has 4 aromatic carbocycles. The minimum absolute atomic E-state index is 0.145. The normalized spacial score (nSPS) is 13.5. The van der Waals surface area contributed by atoms with E-state index in [0.717, 1.165) is 40.1 Å². The Morgan fingerprint density at radius 3 is 2.45 bits per heavy atom. The third-order valence-electron chi connectivity index (χ3n) is 6.66. The van der Waals surface area contributed by atoms with Crippen molar-refractivity contribution < 1.29 is 19.1 Å². The van der Waals surface area contributed by atoms with Crippen molar-refractivity contribution in [2.24, 2.45) is 0 Å². The average Bonchev–Trinajstić information content (AvgIpc) is 2.97. The molecule has 0 atom stereocenters. The third-order valence-corrected chi connectivity index (χ3v) is 6.66. The molecule has 0 radical (unpaired) electrons. The van der Waals surface area contributed by atoms with E-state index >= 15 is 0 Å². The first-order valence-electron chi connectivity index (χ1n) is 13.5. The number of hydrogen-bond acceptors (Lipinski definition) is 4. The standard InChI is InChI=1S/C34H32N2O4/c1-3-39-29-17-13-25(14-18-29)19-20-35-33(37)28-15-11-26(12-16-28)22-32-34(38)36(23-27-8-6-7-24(2)21-27)30-9-4-5-10-31(30)40-32/h4-18,21-22H,3,19-20,23H2,1-2H3,(H,35,37)/b32-22+. The molecule has 0 saturated carbocycles. The second-order valence-electron chi connectivity index (χ2n) is 9.66. The van der Waals surface area contributed by atoms with Crippen molar-refractivity contribution in [3.63, 3.8) is 0 Å². The smallest absolute Gasteiger partial charge is 0.294 e. The third kappa shape index (κ3) is 6.41. The van der Waals surface area contributed by atoms with Gasteiger partial charge in [-0.05, 0) is 79.4 Å². The van der Waals surface area contributed by atoms with Gasteiger partial charge in [-0.25, -0.2) is 0 Å². The van der Waals surface area contributed by atoms with Crippen LogP contribution in [0.25, 0.3) is 6.08 Å². The number of para-hydroxylation sites is 2. The van der Waals surface area contributed by atoms with Crippen LogP contribution >= 0.6 is 0 Å². The highest BCUT2D eigenvalue weighted by Gasteiger charge is 2.30. The maximum Gasteiger partial charge on any atom is 0.294 e. The van der Waals surface area contributed by atoms with E-state index < -0.39 is 0 Å². The molecule has 0 bridgehead atoms. The van der Waals surface area contributed by atoms with Crippen LogP contribution < -0.4 is 19.7 Å². The summed E-state index contributed by atoms with van der Waals surface area (Å²) >= 11 is 0. The molecule has 6 heteroatoms. The topological polar surface area (TPSA) is 67.9 Å². The van der Waals surface area contributed by atoms with Crippen molar-refractivity contribution in [2.45, 2.75) is 26.8 Å². The van der Waals surface area contributed by atoms with E-state index in [1.807, 2.05) is 92.7 Å². The maximum absolute atomic E-state index is 13.5. The Morgan fingerprint density at radius 2 is 1.70 bits per heavy atom. The molecule has 1 heterocycles. The van der Waals surface area contributed by atoms with Crippen LogP contribution in [0.3, 0.4) is 0 Å². The summed E-state index contributed by atoms with van der Waals surface area (Å²) in [7, 11) is 0. The zero-order valence-electron chi connectivity index (χ0n) is 22.7. The van der Waals surface area contributed by atoms with Gasteiger partial charge in [0, 0.05) is 12.1 Å². The molecule has 0 aliphatic carbocycles. The molecular formula is C34H32N2O4. The highest BCUT2D eigenvalue weighted by atomic mass is 16.5. The number of anilines is 1. The quantitative estimate of drug-likeness (QED) is 0.256. The lowest BCUT2D eigenvalue weighted by Crippen LogP contribution is -2.36. The molecule has 0 aromatic heterocycles. The second kappa shape index (κ2) is 12.3. The van der Waals surface area contributed by atoms with Gasteiger partial charge >= 0.3 is 0 Å². The van der Waals surface area contributed by atoms with E-state index in [-0.39, 0.29) is 17.6 Å². The van der Waals surface area contributed by atoms with Crippen molar-refractivity contribution in [1.29, 1.82) is 0 Å². The van der Waals surface area contributed by atoms with Gasteiger partial charge in [0.05, 0.1) is 18.8 Å². The number of amides is 2. The molecule has 1 aliphatic rings. The monoisotopic (exact) mass is 532 g/mol. The molecule has 40 heavy (non-hydrogen) atoms. The highest BCUT2D eigenvalue weighted by molar-refractivity contribution is 6.09. The van der Waals surface area contributed by atoms with Gasteiger partial charge in [0.2, 0.25) is 0 Å². The largest absolute Gasteiger partial charge is 0.494 e. The van der Waals surface area contributed by atoms with Crippen molar-refractivity contribution in [1.82, 2.24) is 5.32 Å². The van der Waals surface area contributed by atoms with E-state index in [4.69, 9.17) is 9.47 Å². The van der Waals surface area contributed by atoms with Gasteiger partial charge in [0.25, 0.3) is 11.8 Å². The van der Waals surface area contributed by atoms with Crippen LogP contribution in [0.2, 0.25) is 0 Å². The minimum atomic E-state index is -0.212. The predicted octanol–water partition coefficient (Wildman–Crippen LogP) is 6.33. The number of nitrogens with zero attached hydrogens (tertiary/aromatic N) is 1. The fraction of sp³-hybridized carbons (Fsp3) is 0.176. The number of carbonyl (C=O) groups excluding carboxylic acids is 2. The summed E-state index contributed by atoms with van der Waals surface area (Å²) in [6.45, 7) is 5.59. The van der Waals surface area contributed by atoms with E-state index in [1.54, 1.807) is 23.1 Å². The molecule has 2 amide bonds. The van der Waals surface area contributed by atoms with Gasteiger partial charge in [-0.3, -0.25) is 14.5 Å². The van der Waals surface area contributed by atoms with Gasteiger partial charge in [-0.15, -0.1) is 0 Å². The molecule has 0 unspecified atom stereocenters. The van der Waals surface area contributed by atoms with Crippen molar-refractivity contribution in [3.05, 3.63) is 131 Å². The fourth-order valence-electron chi connectivity index (χ4n) is 4.64. The molecule has 202 valence electrons. The second-order valence-corrected chi connectivity index (χ2v) is 9.66. The Labute approximate surface area is 234 Å². The maximum atomic E-state index is 13.5. The molecule has 0 fully saturated rings. The van der Waals surface area contributed by atoms with Crippen molar-refractivity contribution in [2.75, 3.05) is 18.1 Å². The van der Waals surface area contributed by atoms with Crippen LogP contribution in [0.15, 0.2) is 103 Å². The zero-order valence-corrected chi connectivity index (χ0v) is 22.7. The van der Waals surface area contributed by atoms with Gasteiger partial charge in [0.15, 0.2) is 11.5 Å². The van der Waals surface area contributed by atoms with Crippen LogP contribution in [0.1, 0.15) is 39.5 Å². The number of rotatable bonds is 9. The molecule has 5 rings (SSSR count). The average molecular weight is 533 g/mol. The number of hydrogen-bond donors (Lipinski definition) is 1. The summed E-state index contributed by atoms with van der Waals surface area (Å²) in [4.78, 5) is 27.9. The molecule has 0 spiro atoms. The molecule has 4 aromatic rings. The molecule has 1 N–H and O–H groups in total. The summed E-state index contributed by atoms with van der Waals surface area (Å²) in [5, 5.41) is 2.97. The van der Waals surface area contributed by atoms with Crippen LogP contribution in [0.5, 0.6) is 11.5 Å². The van der Waals surface area contributed by atoms with Crippen LogP contribution in [-0.2, 0) is 17.8 Å². The summed E-state index contributed by atoms with van der Waals surface area (Å²) in [6.07, 6.45) is 2.44. The van der Waals surface area contributed by atoms with Crippen molar-refractivity contribution >= 4 is 23.6 Å². The Kier molecular flexibility index (Phi) is 8.26. The first kappa shape index (κ1) is 26.8. The van der Waals surface area contributed by atoms with Crippen LogP contribution in [0, 0.1) is 6.92 Å². The Hall–Kier alpha value is -4.84. The van der Waals surface area contributed by atoms with E-state index in [2.05, 4.69) is 11.4 Å². The Morgan fingerprint density at radius 1 is 0.925 bits per heavy atom. The van der Waals surface area contributed by atoms with E-state index in [1.165, 1.54) is 0 Å². The Balaban J connectivity index is 1.25. The summed E-state index contributed by atoms with van der Waals surface area (Å²) < 4.78 is 11.5. The van der Waals surface area contributed by atoms with Crippen molar-refractivity contribution in [3.8, 4) is 11.5 Å². The van der Waals surface area contributed by atoms with Gasteiger partial charge in [-0.1, -0.05) is 66.2 Å². The molecular weight excluding hydrogens is 500 g/mol. The number of fused-ring (bicyclic) bond motifs is 1.